The molecule has 88 valence electrons. The van der Waals surface area contributed by atoms with Crippen LogP contribution in [0.5, 0.6) is 11.5 Å². The van der Waals surface area contributed by atoms with Crippen LogP contribution in [0.1, 0.15) is 17.2 Å². The second kappa shape index (κ2) is 4.85. The van der Waals surface area contributed by atoms with E-state index in [0.29, 0.717) is 11.1 Å². The number of ether oxygens (including phenoxy) is 2. The Bertz CT molecular complexity index is 400. The molecule has 0 aliphatic rings. The van der Waals surface area contributed by atoms with Crippen LogP contribution in [0.15, 0.2) is 12.1 Å². The van der Waals surface area contributed by atoms with Crippen LogP contribution >= 0.6 is 0 Å². The summed E-state index contributed by atoms with van der Waals surface area (Å²) in [4.78, 5) is 11.1. The molecule has 0 aromatic heterocycles. The van der Waals surface area contributed by atoms with Gasteiger partial charge in [0.1, 0.15) is 0 Å². The summed E-state index contributed by atoms with van der Waals surface area (Å²) in [5.41, 5.74) is 0.830. The van der Waals surface area contributed by atoms with Crippen molar-refractivity contribution in [2.45, 2.75) is 13.0 Å². The van der Waals surface area contributed by atoms with Crippen LogP contribution in [0, 0.1) is 6.92 Å². The smallest absolute Gasteiger partial charge is 0.339 e. The van der Waals surface area contributed by atoms with Gasteiger partial charge in [0.15, 0.2) is 17.6 Å². The molecule has 0 aliphatic heterocycles. The van der Waals surface area contributed by atoms with E-state index in [0.717, 1.165) is 0 Å². The number of rotatable bonds is 3. The molecular weight excluding hydrogens is 212 g/mol. The van der Waals surface area contributed by atoms with Gasteiger partial charge in [-0.25, -0.2) is 4.79 Å². The van der Waals surface area contributed by atoms with Gasteiger partial charge in [-0.1, -0.05) is 0 Å². The summed E-state index contributed by atoms with van der Waals surface area (Å²) in [6, 6.07) is 2.89. The first-order valence-electron chi connectivity index (χ1n) is 4.64. The van der Waals surface area contributed by atoms with E-state index < -0.39 is 12.1 Å². The lowest BCUT2D eigenvalue weighted by atomic mass is 10.1. The third-order valence-electron chi connectivity index (χ3n) is 2.25. The molecule has 0 saturated carbocycles. The molecule has 0 aliphatic carbocycles. The molecule has 0 fully saturated rings. The quantitative estimate of drug-likeness (QED) is 0.749. The van der Waals surface area contributed by atoms with Gasteiger partial charge in [-0.15, -0.1) is 0 Å². The Balaban J connectivity index is 3.16. The van der Waals surface area contributed by atoms with Gasteiger partial charge in [-0.05, 0) is 30.2 Å². The van der Waals surface area contributed by atoms with Crippen LogP contribution < -0.4 is 4.74 Å². The van der Waals surface area contributed by atoms with E-state index in [2.05, 4.69) is 4.74 Å². The van der Waals surface area contributed by atoms with Crippen molar-refractivity contribution in [3.63, 3.8) is 0 Å². The molecule has 16 heavy (non-hydrogen) atoms. The monoisotopic (exact) mass is 226 g/mol. The lowest BCUT2D eigenvalue weighted by molar-refractivity contribution is -0.150. The van der Waals surface area contributed by atoms with Crippen molar-refractivity contribution in [1.82, 2.24) is 0 Å². The van der Waals surface area contributed by atoms with E-state index in [1.165, 1.54) is 26.4 Å². The number of hydrogen-bond acceptors (Lipinski definition) is 5. The molecule has 0 radical (unpaired) electrons. The topological polar surface area (TPSA) is 76.0 Å². The zero-order valence-corrected chi connectivity index (χ0v) is 9.35. The summed E-state index contributed by atoms with van der Waals surface area (Å²) >= 11 is 0. The number of carbonyl (C=O) groups is 1. The van der Waals surface area contributed by atoms with Gasteiger partial charge in [-0.3, -0.25) is 0 Å². The van der Waals surface area contributed by atoms with E-state index in [4.69, 9.17) is 4.74 Å². The zero-order chi connectivity index (χ0) is 12.3. The first-order chi connectivity index (χ1) is 7.51. The van der Waals surface area contributed by atoms with Crippen LogP contribution in [-0.4, -0.2) is 30.4 Å². The normalized spacial score (nSPS) is 12.0. The lowest BCUT2D eigenvalue weighted by Crippen LogP contribution is -2.13. The molecule has 5 nitrogen and oxygen atoms in total. The molecule has 0 saturated heterocycles. The van der Waals surface area contributed by atoms with E-state index in [-0.39, 0.29) is 11.5 Å². The maximum absolute atomic E-state index is 11.1. The molecule has 5 heteroatoms. The van der Waals surface area contributed by atoms with Gasteiger partial charge < -0.3 is 19.7 Å². The fourth-order valence-corrected chi connectivity index (χ4v) is 1.34. The molecule has 0 amide bonds. The van der Waals surface area contributed by atoms with E-state index in [1.807, 2.05) is 0 Å². The van der Waals surface area contributed by atoms with E-state index >= 15 is 0 Å². The molecule has 1 unspecified atom stereocenters. The summed E-state index contributed by atoms with van der Waals surface area (Å²) < 4.78 is 9.33. The minimum Gasteiger partial charge on any atom is -0.504 e. The SMILES string of the molecule is COC(=O)C(O)c1cc(C)c(O)c(OC)c1. The number of phenols is 1. The number of hydrogen-bond donors (Lipinski definition) is 2. The van der Waals surface area contributed by atoms with Crippen LogP contribution in [0.2, 0.25) is 0 Å². The van der Waals surface area contributed by atoms with Crippen molar-refractivity contribution in [2.24, 2.45) is 0 Å². The van der Waals surface area contributed by atoms with Crippen LogP contribution in [0.25, 0.3) is 0 Å². The second-order valence-electron chi connectivity index (χ2n) is 3.31. The largest absolute Gasteiger partial charge is 0.504 e. The zero-order valence-electron chi connectivity index (χ0n) is 9.35. The van der Waals surface area contributed by atoms with Crippen LogP contribution in [0.3, 0.4) is 0 Å². The van der Waals surface area contributed by atoms with E-state index in [1.54, 1.807) is 6.92 Å². The third-order valence-corrected chi connectivity index (χ3v) is 2.25. The number of phenolic OH excluding ortho intramolecular Hbond substituents is 1. The number of methoxy groups -OCH3 is 2. The molecule has 1 rings (SSSR count). The first kappa shape index (κ1) is 12.3. The van der Waals surface area contributed by atoms with Crippen molar-refractivity contribution >= 4 is 5.97 Å². The molecule has 1 aromatic rings. The Morgan fingerprint density at radius 2 is 2.00 bits per heavy atom. The first-order valence-corrected chi connectivity index (χ1v) is 4.64. The number of aliphatic hydroxyl groups is 1. The number of aryl methyl sites for hydroxylation is 1. The average molecular weight is 226 g/mol. The molecule has 0 bridgehead atoms. The highest BCUT2D eigenvalue weighted by Gasteiger charge is 2.20. The van der Waals surface area contributed by atoms with Crippen LogP contribution in [0.4, 0.5) is 0 Å². The number of carbonyl (C=O) groups excluding carboxylic acids is 1. The molecule has 2 N–H and O–H groups in total. The molecule has 1 atom stereocenters. The Hall–Kier alpha value is -1.75. The summed E-state index contributed by atoms with van der Waals surface area (Å²) in [6.07, 6.45) is -1.38. The van der Waals surface area contributed by atoms with Crippen molar-refractivity contribution < 1.29 is 24.5 Å². The maximum Gasteiger partial charge on any atom is 0.339 e. The number of aliphatic hydroxyl groups excluding tert-OH is 1. The van der Waals surface area contributed by atoms with Gasteiger partial charge in [0, 0.05) is 0 Å². The molecule has 0 heterocycles. The Morgan fingerprint density at radius 1 is 1.38 bits per heavy atom. The third kappa shape index (κ3) is 2.25. The minimum absolute atomic E-state index is 0.0108. The highest BCUT2D eigenvalue weighted by atomic mass is 16.5. The predicted molar refractivity (Wildman–Crippen MR) is 56.4 cm³/mol. The molecule has 0 spiro atoms. The van der Waals surface area contributed by atoms with Gasteiger partial charge in [0.05, 0.1) is 14.2 Å². The number of aromatic hydroxyl groups is 1. The number of benzene rings is 1. The summed E-state index contributed by atoms with van der Waals surface area (Å²) in [6.45, 7) is 1.64. The Kier molecular flexibility index (Phi) is 3.73. The van der Waals surface area contributed by atoms with Gasteiger partial charge in [0.2, 0.25) is 0 Å². The highest BCUT2D eigenvalue weighted by Crippen LogP contribution is 2.33. The summed E-state index contributed by atoms with van der Waals surface area (Å²) in [5, 5.41) is 19.2. The van der Waals surface area contributed by atoms with Crippen molar-refractivity contribution in [3.8, 4) is 11.5 Å². The van der Waals surface area contributed by atoms with Gasteiger partial charge in [-0.2, -0.15) is 0 Å². The Labute approximate surface area is 93.2 Å². The van der Waals surface area contributed by atoms with Gasteiger partial charge in [0.25, 0.3) is 0 Å². The predicted octanol–water partition coefficient (Wildman–Crippen LogP) is 0.916. The maximum atomic E-state index is 11.1. The highest BCUT2D eigenvalue weighted by molar-refractivity contribution is 5.76. The van der Waals surface area contributed by atoms with Crippen LogP contribution in [-0.2, 0) is 9.53 Å². The van der Waals surface area contributed by atoms with Crippen molar-refractivity contribution in [3.05, 3.63) is 23.3 Å². The average Bonchev–Trinajstić information content (AvgIpc) is 2.30. The minimum atomic E-state index is -1.38. The van der Waals surface area contributed by atoms with Gasteiger partial charge >= 0.3 is 5.97 Å². The number of esters is 1. The fraction of sp³-hybridized carbons (Fsp3) is 0.364. The molecule has 1 aromatic carbocycles. The second-order valence-corrected chi connectivity index (χ2v) is 3.31. The summed E-state index contributed by atoms with van der Waals surface area (Å²) in [5.74, 6) is -0.562. The summed E-state index contributed by atoms with van der Waals surface area (Å²) in [7, 11) is 2.58. The lowest BCUT2D eigenvalue weighted by Gasteiger charge is -2.12. The fourth-order valence-electron chi connectivity index (χ4n) is 1.34. The molecular formula is C11H14O5. The Morgan fingerprint density at radius 3 is 2.50 bits per heavy atom. The van der Waals surface area contributed by atoms with Crippen molar-refractivity contribution in [1.29, 1.82) is 0 Å². The van der Waals surface area contributed by atoms with Crippen molar-refractivity contribution in [2.75, 3.05) is 14.2 Å². The van der Waals surface area contributed by atoms with E-state index in [9.17, 15) is 15.0 Å². The standard InChI is InChI=1S/C11H14O5/c1-6-4-7(10(13)11(14)16-3)5-8(15-2)9(6)12/h4-5,10,12-13H,1-3H3.